The summed E-state index contributed by atoms with van der Waals surface area (Å²) in [4.78, 5) is 35.0. The molecule has 1 aliphatic heterocycles. The lowest BCUT2D eigenvalue weighted by Gasteiger charge is -2.15. The van der Waals surface area contributed by atoms with E-state index in [2.05, 4.69) is 5.32 Å². The number of nitrogens with zero attached hydrogens (tertiary/aromatic N) is 1. The number of fused-ring (bicyclic) bond motifs is 1. The van der Waals surface area contributed by atoms with Crippen LogP contribution in [0.2, 0.25) is 0 Å². The molecule has 0 unspecified atom stereocenters. The third kappa shape index (κ3) is 3.95. The van der Waals surface area contributed by atoms with E-state index in [1.54, 1.807) is 18.2 Å². The topological polar surface area (TPSA) is 126 Å². The fourth-order valence-electron chi connectivity index (χ4n) is 2.46. The number of anilines is 1. The summed E-state index contributed by atoms with van der Waals surface area (Å²) in [6.45, 7) is 1.48. The van der Waals surface area contributed by atoms with E-state index in [1.165, 1.54) is 26.2 Å². The summed E-state index contributed by atoms with van der Waals surface area (Å²) in [5, 5.41) is 13.5. The molecule has 1 aliphatic rings. The van der Waals surface area contributed by atoms with Gasteiger partial charge in [0, 0.05) is 23.9 Å². The van der Waals surface area contributed by atoms with Crippen molar-refractivity contribution in [2.45, 2.75) is 13.0 Å². The van der Waals surface area contributed by atoms with Crippen molar-refractivity contribution in [1.29, 1.82) is 0 Å². The minimum atomic E-state index is -1.16. The molecule has 0 spiro atoms. The molecule has 10 heteroatoms. The predicted octanol–water partition coefficient (Wildman–Crippen LogP) is 2.52. The number of rotatable bonds is 6. The maximum atomic E-state index is 12.4. The second-order valence-corrected chi connectivity index (χ2v) is 5.75. The highest BCUT2D eigenvalue weighted by atomic mass is 16.7. The van der Waals surface area contributed by atoms with Crippen molar-refractivity contribution in [2.24, 2.45) is 0 Å². The van der Waals surface area contributed by atoms with Gasteiger partial charge in [-0.15, -0.1) is 0 Å². The maximum Gasteiger partial charge on any atom is 0.342 e. The van der Waals surface area contributed by atoms with Gasteiger partial charge in [-0.2, -0.15) is 0 Å². The van der Waals surface area contributed by atoms with Crippen molar-refractivity contribution in [3.8, 4) is 17.2 Å². The molecule has 0 aromatic heterocycles. The number of hydrogen-bond donors (Lipinski definition) is 1. The molecule has 2 aromatic rings. The summed E-state index contributed by atoms with van der Waals surface area (Å²) in [5.41, 5.74) is -0.0188. The third-order valence-electron chi connectivity index (χ3n) is 3.91. The summed E-state index contributed by atoms with van der Waals surface area (Å²) < 4.78 is 20.6. The average Bonchev–Trinajstić information content (AvgIpc) is 3.15. The van der Waals surface area contributed by atoms with Gasteiger partial charge in [-0.25, -0.2) is 4.79 Å². The quantitative estimate of drug-likeness (QED) is 0.454. The van der Waals surface area contributed by atoms with Gasteiger partial charge in [-0.1, -0.05) is 0 Å². The first-order chi connectivity index (χ1) is 13.4. The molecular formula is C18H16N2O8. The van der Waals surface area contributed by atoms with Gasteiger partial charge in [0.05, 0.1) is 12.0 Å². The van der Waals surface area contributed by atoms with E-state index in [1.807, 2.05) is 0 Å². The van der Waals surface area contributed by atoms with E-state index >= 15 is 0 Å². The number of carbonyl (C=O) groups is 2. The molecule has 1 N–H and O–H groups in total. The molecule has 146 valence electrons. The fourth-order valence-corrected chi connectivity index (χ4v) is 2.46. The summed E-state index contributed by atoms with van der Waals surface area (Å²) in [6.07, 6.45) is -1.16. The summed E-state index contributed by atoms with van der Waals surface area (Å²) >= 11 is 0. The molecule has 3 rings (SSSR count). The van der Waals surface area contributed by atoms with Crippen LogP contribution in [0.5, 0.6) is 17.2 Å². The summed E-state index contributed by atoms with van der Waals surface area (Å²) in [6, 6.07) is 8.35. The molecule has 0 fully saturated rings. The van der Waals surface area contributed by atoms with Gasteiger partial charge in [-0.3, -0.25) is 14.9 Å². The van der Waals surface area contributed by atoms with Crippen molar-refractivity contribution in [3.63, 3.8) is 0 Å². The van der Waals surface area contributed by atoms with Crippen LogP contribution in [0, 0.1) is 10.1 Å². The lowest BCUT2D eigenvalue weighted by atomic mass is 10.1. The minimum absolute atomic E-state index is 0.0963. The molecule has 0 aliphatic carbocycles. The highest BCUT2D eigenvalue weighted by Crippen LogP contribution is 2.34. The second kappa shape index (κ2) is 7.82. The number of non-ortho nitro benzene ring substituents is 1. The Morgan fingerprint density at radius 1 is 1.18 bits per heavy atom. The highest BCUT2D eigenvalue weighted by molar-refractivity contribution is 5.98. The number of carbonyl (C=O) groups excluding carboxylic acids is 2. The number of nitro benzene ring substituents is 1. The first-order valence-corrected chi connectivity index (χ1v) is 8.13. The Morgan fingerprint density at radius 3 is 2.64 bits per heavy atom. The van der Waals surface area contributed by atoms with E-state index < -0.39 is 22.9 Å². The number of nitro groups is 1. The normalized spacial score (nSPS) is 12.8. The number of amides is 1. The zero-order chi connectivity index (χ0) is 20.3. The van der Waals surface area contributed by atoms with Crippen molar-refractivity contribution in [3.05, 3.63) is 52.1 Å². The monoisotopic (exact) mass is 388 g/mol. The van der Waals surface area contributed by atoms with Gasteiger partial charge < -0.3 is 24.3 Å². The first-order valence-electron chi connectivity index (χ1n) is 8.13. The zero-order valence-corrected chi connectivity index (χ0v) is 15.0. The molecule has 0 saturated carbocycles. The van der Waals surface area contributed by atoms with Crippen LogP contribution in [0.15, 0.2) is 36.4 Å². The average molecular weight is 388 g/mol. The van der Waals surface area contributed by atoms with Crippen LogP contribution in [0.1, 0.15) is 17.3 Å². The number of benzene rings is 2. The highest BCUT2D eigenvalue weighted by Gasteiger charge is 2.24. The molecule has 10 nitrogen and oxygen atoms in total. The van der Waals surface area contributed by atoms with Gasteiger partial charge in [-0.05, 0) is 25.1 Å². The number of methoxy groups -OCH3 is 1. The van der Waals surface area contributed by atoms with Crippen LogP contribution in [0.4, 0.5) is 11.4 Å². The molecule has 1 atom stereocenters. The smallest absolute Gasteiger partial charge is 0.342 e. The van der Waals surface area contributed by atoms with E-state index in [-0.39, 0.29) is 23.8 Å². The Kier molecular flexibility index (Phi) is 5.30. The van der Waals surface area contributed by atoms with Crippen molar-refractivity contribution in [1.82, 2.24) is 0 Å². The molecule has 2 aromatic carbocycles. The molecule has 0 bridgehead atoms. The molecule has 1 heterocycles. The van der Waals surface area contributed by atoms with Crippen molar-refractivity contribution < 1.29 is 33.5 Å². The van der Waals surface area contributed by atoms with E-state index in [4.69, 9.17) is 18.9 Å². The van der Waals surface area contributed by atoms with Crippen LogP contribution in [-0.2, 0) is 9.53 Å². The number of hydrogen-bond acceptors (Lipinski definition) is 8. The molecule has 28 heavy (non-hydrogen) atoms. The molecule has 0 radical (unpaired) electrons. The van der Waals surface area contributed by atoms with E-state index in [9.17, 15) is 19.7 Å². The fraction of sp³-hybridized carbons (Fsp3) is 0.222. The lowest BCUT2D eigenvalue weighted by Crippen LogP contribution is -2.30. The molecule has 0 saturated heterocycles. The van der Waals surface area contributed by atoms with Crippen LogP contribution < -0.4 is 19.5 Å². The Bertz CT molecular complexity index is 943. The molecular weight excluding hydrogens is 372 g/mol. The van der Waals surface area contributed by atoms with Crippen LogP contribution in [0.25, 0.3) is 0 Å². The molecule has 1 amide bonds. The lowest BCUT2D eigenvalue weighted by molar-refractivity contribution is -0.384. The van der Waals surface area contributed by atoms with Gasteiger partial charge in [0.25, 0.3) is 11.6 Å². The Balaban J connectivity index is 1.69. The van der Waals surface area contributed by atoms with Gasteiger partial charge >= 0.3 is 5.97 Å². The van der Waals surface area contributed by atoms with Crippen LogP contribution >= 0.6 is 0 Å². The van der Waals surface area contributed by atoms with E-state index in [0.29, 0.717) is 17.2 Å². The Hall–Kier alpha value is -3.82. The predicted molar refractivity (Wildman–Crippen MR) is 95.7 cm³/mol. The number of nitrogens with one attached hydrogen (secondary N) is 1. The first kappa shape index (κ1) is 19.0. The minimum Gasteiger partial charge on any atom is -0.496 e. The van der Waals surface area contributed by atoms with Crippen molar-refractivity contribution in [2.75, 3.05) is 19.2 Å². The van der Waals surface area contributed by atoms with Gasteiger partial charge in [0.15, 0.2) is 17.6 Å². The maximum absolute atomic E-state index is 12.4. The van der Waals surface area contributed by atoms with Gasteiger partial charge in [0.2, 0.25) is 6.79 Å². The Labute approximate surface area is 159 Å². The summed E-state index contributed by atoms with van der Waals surface area (Å²) in [5.74, 6) is -0.358. The number of ether oxygens (including phenoxy) is 4. The number of esters is 1. The largest absolute Gasteiger partial charge is 0.496 e. The second-order valence-electron chi connectivity index (χ2n) is 5.75. The zero-order valence-electron chi connectivity index (χ0n) is 15.0. The van der Waals surface area contributed by atoms with Crippen molar-refractivity contribution >= 4 is 23.3 Å². The summed E-state index contributed by atoms with van der Waals surface area (Å²) in [7, 11) is 1.31. The third-order valence-corrected chi connectivity index (χ3v) is 3.91. The standard InChI is InChI=1S/C18H16N2O8/c1-10(17(21)19-11-3-5-15-16(7-11)27-9-26-15)28-18(22)13-8-12(20(23)24)4-6-14(13)25-2/h3-8,10H,9H2,1-2H3,(H,19,21)/t10-/m0/s1. The SMILES string of the molecule is COc1ccc([N+](=O)[O-])cc1C(=O)O[C@@H](C)C(=O)Nc1ccc2c(c1)OCO2. The van der Waals surface area contributed by atoms with Crippen LogP contribution in [0.3, 0.4) is 0 Å². The Morgan fingerprint density at radius 2 is 1.93 bits per heavy atom. The van der Waals surface area contributed by atoms with Crippen LogP contribution in [-0.4, -0.2) is 36.8 Å². The van der Waals surface area contributed by atoms with Gasteiger partial charge in [0.1, 0.15) is 11.3 Å². The van der Waals surface area contributed by atoms with E-state index in [0.717, 1.165) is 6.07 Å².